The zero-order valence-electron chi connectivity index (χ0n) is 21.3. The van der Waals surface area contributed by atoms with E-state index in [0.29, 0.717) is 44.0 Å². The summed E-state index contributed by atoms with van der Waals surface area (Å²) in [7, 11) is 1.60. The molecule has 2 amide bonds. The highest BCUT2D eigenvalue weighted by Crippen LogP contribution is 2.40. The van der Waals surface area contributed by atoms with Gasteiger partial charge in [-0.3, -0.25) is 9.59 Å². The molecule has 200 valence electrons. The largest absolute Gasteiger partial charge is 0.497 e. The number of fused-ring (bicyclic) bond motifs is 1. The Labute approximate surface area is 241 Å². The molecule has 10 heteroatoms. The van der Waals surface area contributed by atoms with Gasteiger partial charge < -0.3 is 20.3 Å². The Morgan fingerprint density at radius 2 is 1.69 bits per heavy atom. The summed E-state index contributed by atoms with van der Waals surface area (Å²) in [5, 5.41) is 7.61. The number of aliphatic imine (C=N–C) groups is 1. The smallest absolute Gasteiger partial charge is 0.255 e. The first-order valence-electron chi connectivity index (χ1n) is 12.3. The molecular weight excluding hydrogens is 555 g/mol. The van der Waals surface area contributed by atoms with Crippen molar-refractivity contribution in [2.24, 2.45) is 4.99 Å². The number of carbonyl (C=O) groups excluding carboxylic acids is 2. The number of carbonyl (C=O) groups is 2. The molecule has 0 aromatic heterocycles. The summed E-state index contributed by atoms with van der Waals surface area (Å²) in [5.41, 5.74) is 3.69. The number of halogens is 2. The lowest BCUT2D eigenvalue weighted by atomic mass is 9.93. The van der Waals surface area contributed by atoms with Crippen molar-refractivity contribution in [1.29, 1.82) is 0 Å². The number of ether oxygens (including phenoxy) is 1. The maximum Gasteiger partial charge on any atom is 0.255 e. The summed E-state index contributed by atoms with van der Waals surface area (Å²) in [5.74, 6) is 1.11. The minimum absolute atomic E-state index is 0.232. The van der Waals surface area contributed by atoms with Crippen molar-refractivity contribution in [2.75, 3.05) is 30.0 Å². The Morgan fingerprint density at radius 3 is 2.41 bits per heavy atom. The molecule has 2 aliphatic rings. The molecule has 1 unspecified atom stereocenters. The minimum Gasteiger partial charge on any atom is -0.497 e. The van der Waals surface area contributed by atoms with Gasteiger partial charge in [-0.2, -0.15) is 0 Å². The number of hydrogen-bond donors (Lipinski definition) is 2. The van der Waals surface area contributed by atoms with Crippen LogP contribution < -0.4 is 15.4 Å². The average Bonchev–Trinajstić information content (AvgIpc) is 2.92. The molecule has 3 aromatic rings. The van der Waals surface area contributed by atoms with Crippen molar-refractivity contribution in [3.63, 3.8) is 0 Å². The number of anilines is 2. The molecule has 1 atom stereocenters. The number of amidine groups is 1. The first-order chi connectivity index (χ1) is 18.8. The van der Waals surface area contributed by atoms with Gasteiger partial charge >= 0.3 is 0 Å². The minimum atomic E-state index is -0.374. The molecule has 0 aliphatic carbocycles. The fourth-order valence-corrected chi connectivity index (χ4v) is 6.20. The molecule has 2 N–H and O–H groups in total. The molecule has 2 aliphatic heterocycles. The van der Waals surface area contributed by atoms with E-state index in [4.69, 9.17) is 32.9 Å². The van der Waals surface area contributed by atoms with Crippen LogP contribution in [0.1, 0.15) is 35.3 Å². The Bertz CT molecular complexity index is 1470. The number of thioether (sulfide) groups is 1. The van der Waals surface area contributed by atoms with Crippen LogP contribution in [0.3, 0.4) is 0 Å². The predicted molar refractivity (Wildman–Crippen MR) is 159 cm³/mol. The summed E-state index contributed by atoms with van der Waals surface area (Å²) in [6, 6.07) is 19.1. The number of nitrogens with zero attached hydrogens (tertiary/aromatic N) is 2. The van der Waals surface area contributed by atoms with Crippen LogP contribution in [0.4, 0.5) is 11.4 Å². The lowest BCUT2D eigenvalue weighted by molar-refractivity contribution is -0.113. The Balaban J connectivity index is 1.47. The number of amides is 2. The maximum atomic E-state index is 13.7. The summed E-state index contributed by atoms with van der Waals surface area (Å²) in [6.45, 7) is 2.63. The van der Waals surface area contributed by atoms with Gasteiger partial charge in [-0.25, -0.2) is 4.99 Å². The van der Waals surface area contributed by atoms with Gasteiger partial charge in [0.15, 0.2) is 5.17 Å². The van der Waals surface area contributed by atoms with Crippen LogP contribution in [-0.4, -0.2) is 41.3 Å². The van der Waals surface area contributed by atoms with Crippen LogP contribution in [0.5, 0.6) is 5.75 Å². The number of hydrogen-bond acceptors (Lipinski definition) is 6. The monoisotopic (exact) mass is 580 g/mol. The van der Waals surface area contributed by atoms with E-state index in [9.17, 15) is 9.59 Å². The van der Waals surface area contributed by atoms with Crippen molar-refractivity contribution in [2.45, 2.75) is 19.4 Å². The lowest BCUT2D eigenvalue weighted by Gasteiger charge is -2.41. The van der Waals surface area contributed by atoms with E-state index in [1.807, 2.05) is 31.2 Å². The van der Waals surface area contributed by atoms with Gasteiger partial charge in [-0.1, -0.05) is 47.1 Å². The quantitative estimate of drug-likeness (QED) is 0.327. The number of benzene rings is 3. The van der Waals surface area contributed by atoms with E-state index in [-0.39, 0.29) is 17.9 Å². The van der Waals surface area contributed by atoms with Crippen molar-refractivity contribution in [3.05, 3.63) is 99.2 Å². The normalized spacial score (nSPS) is 16.8. The fourth-order valence-electron chi connectivity index (χ4n) is 4.65. The Kier molecular flexibility index (Phi) is 8.16. The third-order valence-corrected chi connectivity index (χ3v) is 7.95. The molecule has 2 heterocycles. The molecule has 0 bridgehead atoms. The van der Waals surface area contributed by atoms with Crippen molar-refractivity contribution in [3.8, 4) is 5.75 Å². The van der Waals surface area contributed by atoms with Gasteiger partial charge in [0.2, 0.25) is 0 Å². The first-order valence-corrected chi connectivity index (χ1v) is 14.1. The molecule has 0 spiro atoms. The molecular formula is C29H26Cl2N4O3S. The average molecular weight is 582 g/mol. The van der Waals surface area contributed by atoms with Crippen LogP contribution in [0.25, 0.3) is 0 Å². The van der Waals surface area contributed by atoms with Gasteiger partial charge in [0, 0.05) is 39.3 Å². The number of methoxy groups -OCH3 is 1. The molecule has 39 heavy (non-hydrogen) atoms. The molecule has 0 radical (unpaired) electrons. The predicted octanol–water partition coefficient (Wildman–Crippen LogP) is 7.02. The Morgan fingerprint density at radius 1 is 0.974 bits per heavy atom. The van der Waals surface area contributed by atoms with Crippen LogP contribution in [0.2, 0.25) is 10.0 Å². The van der Waals surface area contributed by atoms with Crippen molar-refractivity contribution >= 4 is 63.3 Å². The van der Waals surface area contributed by atoms with E-state index in [1.54, 1.807) is 61.3 Å². The molecule has 7 nitrogen and oxygen atoms in total. The van der Waals surface area contributed by atoms with Crippen molar-refractivity contribution < 1.29 is 14.3 Å². The maximum absolute atomic E-state index is 13.7. The second-order valence-electron chi connectivity index (χ2n) is 9.11. The summed E-state index contributed by atoms with van der Waals surface area (Å²) < 4.78 is 5.23. The number of nitrogens with one attached hydrogen (secondary N) is 2. The van der Waals surface area contributed by atoms with Gasteiger partial charge in [-0.15, -0.1) is 0 Å². The van der Waals surface area contributed by atoms with Crippen LogP contribution in [0.15, 0.2) is 83.0 Å². The van der Waals surface area contributed by atoms with E-state index in [1.165, 1.54) is 0 Å². The zero-order chi connectivity index (χ0) is 27.5. The second-order valence-corrected chi connectivity index (χ2v) is 11.0. The first kappa shape index (κ1) is 27.1. The third kappa shape index (κ3) is 6.08. The molecule has 5 rings (SSSR count). The molecule has 1 saturated heterocycles. The SMILES string of the molecule is COc1ccc(NC(=O)C2=C(C)N=C3SCCCN3C2c2cccc(NC(=O)c3cc(Cl)cc(Cl)c3)c2)cc1. The topological polar surface area (TPSA) is 83.0 Å². The summed E-state index contributed by atoms with van der Waals surface area (Å²) in [4.78, 5) is 33.6. The van der Waals surface area contributed by atoms with Crippen molar-refractivity contribution in [1.82, 2.24) is 4.90 Å². The van der Waals surface area contributed by atoms with Gasteiger partial charge in [0.1, 0.15) is 5.75 Å². The van der Waals surface area contributed by atoms with E-state index < -0.39 is 0 Å². The van der Waals surface area contributed by atoms with Gasteiger partial charge in [0.25, 0.3) is 11.8 Å². The third-order valence-electron chi connectivity index (χ3n) is 6.44. The zero-order valence-corrected chi connectivity index (χ0v) is 23.7. The highest BCUT2D eigenvalue weighted by molar-refractivity contribution is 8.13. The second kappa shape index (κ2) is 11.7. The number of allylic oxidation sites excluding steroid dienone is 1. The van der Waals surface area contributed by atoms with E-state index in [0.717, 1.165) is 29.4 Å². The fraction of sp³-hybridized carbons (Fsp3) is 0.207. The van der Waals surface area contributed by atoms with Gasteiger partial charge in [-0.05, 0) is 73.5 Å². The van der Waals surface area contributed by atoms with Gasteiger partial charge in [0.05, 0.1) is 24.4 Å². The summed E-state index contributed by atoms with van der Waals surface area (Å²) in [6.07, 6.45) is 0.971. The molecule has 0 saturated carbocycles. The highest BCUT2D eigenvalue weighted by atomic mass is 35.5. The number of rotatable bonds is 6. The molecule has 3 aromatic carbocycles. The highest BCUT2D eigenvalue weighted by Gasteiger charge is 2.37. The van der Waals surface area contributed by atoms with E-state index >= 15 is 0 Å². The standard InChI is InChI=1S/C29H26Cl2N4O3S/c1-17-25(28(37)33-22-7-9-24(38-2)10-8-22)26(35-11-4-12-39-29(35)32-17)18-5-3-6-23(15-18)34-27(36)19-13-20(30)16-21(31)14-19/h3,5-10,13-16,26H,4,11-12H2,1-2H3,(H,33,37)(H,34,36). The van der Waals surface area contributed by atoms with E-state index in [2.05, 4.69) is 15.5 Å². The Hall–Kier alpha value is -3.46. The summed E-state index contributed by atoms with van der Waals surface area (Å²) >= 11 is 13.9. The van der Waals surface area contributed by atoms with Crippen LogP contribution in [0, 0.1) is 0 Å². The lowest BCUT2D eigenvalue weighted by Crippen LogP contribution is -2.43. The van der Waals surface area contributed by atoms with Crippen LogP contribution in [-0.2, 0) is 4.79 Å². The molecule has 1 fully saturated rings. The van der Waals surface area contributed by atoms with Crippen LogP contribution >= 0.6 is 35.0 Å².